The molecule has 92 valence electrons. The molecule has 2 heteroatoms. The fourth-order valence-corrected chi connectivity index (χ4v) is 2.55. The molecule has 0 radical (unpaired) electrons. The van der Waals surface area contributed by atoms with Crippen LogP contribution in [0.4, 0.5) is 11.4 Å². The third-order valence-corrected chi connectivity index (χ3v) is 3.55. The zero-order valence-corrected chi connectivity index (χ0v) is 10.5. The quantitative estimate of drug-likeness (QED) is 0.718. The Balaban J connectivity index is 1.87. The van der Waals surface area contributed by atoms with Gasteiger partial charge in [-0.1, -0.05) is 30.7 Å². The van der Waals surface area contributed by atoms with Crippen molar-refractivity contribution in [1.82, 2.24) is 0 Å². The van der Waals surface area contributed by atoms with E-state index in [2.05, 4.69) is 34.6 Å². The fraction of sp³-hybridized carbons (Fsp3) is 0.312. The Hall–Kier alpha value is -1.83. The third-order valence-electron chi connectivity index (χ3n) is 3.55. The van der Waals surface area contributed by atoms with Crippen LogP contribution in [0.1, 0.15) is 25.7 Å². The summed E-state index contributed by atoms with van der Waals surface area (Å²) in [6.45, 7) is 0. The van der Waals surface area contributed by atoms with E-state index < -0.39 is 0 Å². The van der Waals surface area contributed by atoms with Crippen LogP contribution in [0, 0.1) is 5.92 Å². The molecule has 1 atom stereocenters. The second-order valence-electron chi connectivity index (χ2n) is 4.86. The average Bonchev–Trinajstić information content (AvgIpc) is 2.79. The molecule has 1 heterocycles. The molecule has 0 bridgehead atoms. The van der Waals surface area contributed by atoms with E-state index in [1.165, 1.54) is 31.4 Å². The molecule has 3 rings (SSSR count). The molecule has 1 N–H and O–H groups in total. The number of para-hydroxylation sites is 2. The van der Waals surface area contributed by atoms with Gasteiger partial charge in [0.2, 0.25) is 0 Å². The maximum atomic E-state index is 4.47. The first-order valence-electron chi connectivity index (χ1n) is 6.70. The minimum absolute atomic E-state index is 0.505. The van der Waals surface area contributed by atoms with E-state index >= 15 is 0 Å². The van der Waals surface area contributed by atoms with Gasteiger partial charge < -0.3 is 5.32 Å². The molecule has 0 spiro atoms. The largest absolute Gasteiger partial charge is 0.357 e. The molecule has 0 amide bonds. The number of anilines is 1. The number of rotatable bonds is 1. The molecule has 0 fully saturated rings. The van der Waals surface area contributed by atoms with Crippen LogP contribution >= 0.6 is 0 Å². The van der Waals surface area contributed by atoms with E-state index in [1.807, 2.05) is 24.4 Å². The topological polar surface area (TPSA) is 24.4 Å². The lowest BCUT2D eigenvalue weighted by Crippen LogP contribution is -2.09. The molecule has 2 aliphatic rings. The highest BCUT2D eigenvalue weighted by Gasteiger charge is 2.15. The second kappa shape index (κ2) is 5.21. The first-order valence-corrected chi connectivity index (χ1v) is 6.70. The van der Waals surface area contributed by atoms with Gasteiger partial charge in [-0.2, -0.15) is 0 Å². The Kier molecular flexibility index (Phi) is 3.26. The highest BCUT2D eigenvalue weighted by molar-refractivity contribution is 5.83. The monoisotopic (exact) mass is 238 g/mol. The van der Waals surface area contributed by atoms with Crippen LogP contribution in [0.2, 0.25) is 0 Å². The zero-order valence-electron chi connectivity index (χ0n) is 10.5. The van der Waals surface area contributed by atoms with Crippen molar-refractivity contribution in [2.45, 2.75) is 25.7 Å². The van der Waals surface area contributed by atoms with Gasteiger partial charge in [0.15, 0.2) is 0 Å². The van der Waals surface area contributed by atoms with Crippen LogP contribution in [-0.2, 0) is 0 Å². The number of nitrogens with zero attached hydrogens (tertiary/aromatic N) is 1. The van der Waals surface area contributed by atoms with Gasteiger partial charge in [0, 0.05) is 17.8 Å². The Labute approximate surface area is 108 Å². The molecule has 1 aliphatic carbocycles. The minimum Gasteiger partial charge on any atom is -0.357 e. The van der Waals surface area contributed by atoms with Gasteiger partial charge in [0.1, 0.15) is 0 Å². The highest BCUT2D eigenvalue weighted by Crippen LogP contribution is 2.31. The maximum absolute atomic E-state index is 4.47. The van der Waals surface area contributed by atoms with E-state index in [0.717, 1.165) is 11.4 Å². The fourth-order valence-electron chi connectivity index (χ4n) is 2.55. The Morgan fingerprint density at radius 2 is 2.11 bits per heavy atom. The Morgan fingerprint density at radius 3 is 3.11 bits per heavy atom. The normalized spacial score (nSPS) is 22.4. The molecular weight excluding hydrogens is 220 g/mol. The van der Waals surface area contributed by atoms with Crippen molar-refractivity contribution in [2.75, 3.05) is 5.32 Å². The van der Waals surface area contributed by atoms with E-state index in [4.69, 9.17) is 0 Å². The summed E-state index contributed by atoms with van der Waals surface area (Å²) >= 11 is 0. The van der Waals surface area contributed by atoms with E-state index in [1.54, 1.807) is 0 Å². The van der Waals surface area contributed by atoms with Crippen molar-refractivity contribution in [2.24, 2.45) is 10.9 Å². The molecule has 0 saturated carbocycles. The number of allylic oxidation sites excluding steroid dienone is 3. The zero-order chi connectivity index (χ0) is 12.2. The summed E-state index contributed by atoms with van der Waals surface area (Å²) in [5.74, 6) is 0.505. The van der Waals surface area contributed by atoms with Crippen LogP contribution in [-0.4, -0.2) is 6.21 Å². The summed E-state index contributed by atoms with van der Waals surface area (Å²) in [4.78, 5) is 4.47. The number of benzene rings is 1. The minimum atomic E-state index is 0.505. The molecule has 1 aromatic carbocycles. The lowest BCUT2D eigenvalue weighted by atomic mass is 9.99. The first-order chi connectivity index (χ1) is 8.93. The molecular formula is C16H18N2. The van der Waals surface area contributed by atoms with Crippen molar-refractivity contribution in [1.29, 1.82) is 0 Å². The van der Waals surface area contributed by atoms with Gasteiger partial charge in [-0.3, -0.25) is 4.99 Å². The van der Waals surface area contributed by atoms with Crippen molar-refractivity contribution < 1.29 is 0 Å². The van der Waals surface area contributed by atoms with Gasteiger partial charge in [0.25, 0.3) is 0 Å². The van der Waals surface area contributed by atoms with Gasteiger partial charge in [-0.25, -0.2) is 0 Å². The number of hydrogen-bond donors (Lipinski definition) is 1. The summed E-state index contributed by atoms with van der Waals surface area (Å²) in [5.41, 5.74) is 3.39. The predicted octanol–water partition coefficient (Wildman–Crippen LogP) is 4.44. The van der Waals surface area contributed by atoms with Crippen LogP contribution in [0.5, 0.6) is 0 Å². The van der Waals surface area contributed by atoms with Crippen LogP contribution in [0.15, 0.2) is 53.2 Å². The van der Waals surface area contributed by atoms with Gasteiger partial charge >= 0.3 is 0 Å². The van der Waals surface area contributed by atoms with Crippen LogP contribution < -0.4 is 5.32 Å². The molecule has 1 aliphatic heterocycles. The van der Waals surface area contributed by atoms with E-state index in [0.29, 0.717) is 5.92 Å². The smallest absolute Gasteiger partial charge is 0.0864 e. The lowest BCUT2D eigenvalue weighted by Gasteiger charge is -2.17. The third kappa shape index (κ3) is 2.37. The second-order valence-corrected chi connectivity index (χ2v) is 4.86. The van der Waals surface area contributed by atoms with Crippen molar-refractivity contribution >= 4 is 17.6 Å². The molecule has 0 saturated heterocycles. The summed E-state index contributed by atoms with van der Waals surface area (Å²) in [6.07, 6.45) is 13.7. The van der Waals surface area contributed by atoms with E-state index in [-0.39, 0.29) is 0 Å². The standard InChI is InChI=1S/C16H18N2/c1-2-4-8-13(7-3-1)14-11-12-17-15-9-5-6-10-16(15)18-14/h3,5-7,9-13,18H,1-2,4,8H2. The highest BCUT2D eigenvalue weighted by atomic mass is 14.9. The van der Waals surface area contributed by atoms with Crippen molar-refractivity contribution in [3.8, 4) is 0 Å². The van der Waals surface area contributed by atoms with E-state index in [9.17, 15) is 0 Å². The Morgan fingerprint density at radius 1 is 1.17 bits per heavy atom. The van der Waals surface area contributed by atoms with Crippen LogP contribution in [0.25, 0.3) is 0 Å². The number of hydrogen-bond acceptors (Lipinski definition) is 2. The SMILES string of the molecule is C1=CC(C2=CC=Nc3ccccc3N2)CCCC1. The molecule has 1 aromatic rings. The van der Waals surface area contributed by atoms with Crippen LogP contribution in [0.3, 0.4) is 0 Å². The maximum Gasteiger partial charge on any atom is 0.0864 e. The van der Waals surface area contributed by atoms with Crippen molar-refractivity contribution in [3.05, 3.63) is 48.2 Å². The lowest BCUT2D eigenvalue weighted by molar-refractivity contribution is 0.626. The number of nitrogens with one attached hydrogen (secondary N) is 1. The molecule has 18 heavy (non-hydrogen) atoms. The molecule has 2 nitrogen and oxygen atoms in total. The van der Waals surface area contributed by atoms with Crippen molar-refractivity contribution in [3.63, 3.8) is 0 Å². The molecule has 0 aromatic heterocycles. The molecule has 1 unspecified atom stereocenters. The summed E-state index contributed by atoms with van der Waals surface area (Å²) < 4.78 is 0. The average molecular weight is 238 g/mol. The number of fused-ring (bicyclic) bond motifs is 1. The van der Waals surface area contributed by atoms with Gasteiger partial charge in [-0.15, -0.1) is 0 Å². The predicted molar refractivity (Wildman–Crippen MR) is 77.4 cm³/mol. The summed E-state index contributed by atoms with van der Waals surface area (Å²) in [6, 6.07) is 8.20. The van der Waals surface area contributed by atoms with Gasteiger partial charge in [-0.05, 0) is 37.5 Å². The summed E-state index contributed by atoms with van der Waals surface area (Å²) in [7, 11) is 0. The Bertz CT molecular complexity index is 512. The first kappa shape index (κ1) is 11.3. The summed E-state index contributed by atoms with van der Waals surface area (Å²) in [5, 5.41) is 3.54. The van der Waals surface area contributed by atoms with Gasteiger partial charge in [0.05, 0.1) is 11.4 Å². The number of aliphatic imine (C=N–C) groups is 1.